The summed E-state index contributed by atoms with van der Waals surface area (Å²) in [6.07, 6.45) is 8.38. The second-order valence-electron chi connectivity index (χ2n) is 14.2. The van der Waals surface area contributed by atoms with Crippen molar-refractivity contribution in [1.82, 2.24) is 19.9 Å². The number of benzene rings is 3. The number of anilines is 1. The van der Waals surface area contributed by atoms with E-state index in [-0.39, 0.29) is 30.2 Å². The Morgan fingerprint density at radius 2 is 1.76 bits per heavy atom. The third-order valence-electron chi connectivity index (χ3n) is 10.5. The van der Waals surface area contributed by atoms with Gasteiger partial charge in [0.15, 0.2) is 0 Å². The first-order valence-electron chi connectivity index (χ1n) is 18.4. The van der Waals surface area contributed by atoms with E-state index in [2.05, 4.69) is 15.4 Å². The third kappa shape index (κ3) is 7.77. The first-order valence-corrected chi connectivity index (χ1v) is 19.9. The zero-order chi connectivity index (χ0) is 37.9. The lowest BCUT2D eigenvalue weighted by molar-refractivity contribution is -0.138. The molecule has 3 aromatic carbocycles. The number of sulfonamides is 1. The van der Waals surface area contributed by atoms with Crippen LogP contribution in [0.3, 0.4) is 0 Å². The van der Waals surface area contributed by atoms with Gasteiger partial charge in [0.05, 0.1) is 30.6 Å². The van der Waals surface area contributed by atoms with Crippen molar-refractivity contribution < 1.29 is 32.3 Å². The molecule has 2 fully saturated rings. The number of carbonyl (C=O) groups is 3. The average Bonchev–Trinajstić information content (AvgIpc) is 3.69. The number of rotatable bonds is 6. The number of pyridine rings is 1. The van der Waals surface area contributed by atoms with E-state index in [4.69, 9.17) is 14.5 Å². The lowest BCUT2D eigenvalue weighted by atomic mass is 10.1. The summed E-state index contributed by atoms with van der Waals surface area (Å²) in [5, 5.41) is 6.86. The molecule has 3 heterocycles. The van der Waals surface area contributed by atoms with Gasteiger partial charge in [-0.3, -0.25) is 14.4 Å². The Labute approximate surface area is 315 Å². The summed E-state index contributed by atoms with van der Waals surface area (Å²) in [4.78, 5) is 47.5. The topological polar surface area (TPSA) is 156 Å². The van der Waals surface area contributed by atoms with Crippen LogP contribution >= 0.6 is 0 Å². The maximum absolute atomic E-state index is 14.2. The fraction of sp³-hybridized carbons (Fsp3) is 0.366. The molecule has 0 radical (unpaired) electrons. The summed E-state index contributed by atoms with van der Waals surface area (Å²) in [6, 6.07) is 22.6. The van der Waals surface area contributed by atoms with Crippen LogP contribution in [0.15, 0.2) is 95.9 Å². The number of aromatic nitrogens is 1. The second kappa shape index (κ2) is 15.5. The van der Waals surface area contributed by atoms with Crippen LogP contribution in [0.25, 0.3) is 22.2 Å². The van der Waals surface area contributed by atoms with Crippen molar-refractivity contribution in [2.45, 2.75) is 74.4 Å². The molecule has 3 aliphatic rings. The molecule has 1 saturated carbocycles. The molecule has 1 aliphatic carbocycles. The quantitative estimate of drug-likeness (QED) is 0.214. The maximum atomic E-state index is 14.2. The normalized spacial score (nSPS) is 24.0. The average molecular weight is 752 g/mol. The molecule has 0 unspecified atom stereocenters. The van der Waals surface area contributed by atoms with Crippen LogP contribution in [-0.4, -0.2) is 73.9 Å². The minimum Gasteiger partial charge on any atom is -0.497 e. The Morgan fingerprint density at radius 1 is 0.981 bits per heavy atom. The van der Waals surface area contributed by atoms with Gasteiger partial charge in [-0.05, 0) is 49.9 Å². The molecule has 2 aliphatic heterocycles. The first-order chi connectivity index (χ1) is 26.1. The molecular formula is C41H45N5O7S. The number of carbonyl (C=O) groups excluding carboxylic acids is 3. The van der Waals surface area contributed by atoms with E-state index in [1.165, 1.54) is 17.9 Å². The molecule has 4 aromatic rings. The zero-order valence-electron chi connectivity index (χ0n) is 30.4. The van der Waals surface area contributed by atoms with E-state index >= 15 is 0 Å². The number of nitrogens with one attached hydrogen (secondary N) is 3. The van der Waals surface area contributed by atoms with Gasteiger partial charge in [0.1, 0.15) is 34.1 Å². The number of likely N-dealkylation sites (tertiary alicyclic amines) is 1. The molecule has 282 valence electrons. The summed E-state index contributed by atoms with van der Waals surface area (Å²) in [6.45, 7) is 2.12. The highest BCUT2D eigenvalue weighted by atomic mass is 32.2. The van der Waals surface area contributed by atoms with Crippen molar-refractivity contribution >= 4 is 44.3 Å². The number of fused-ring (bicyclic) bond motifs is 3. The molecule has 3 amide bonds. The Morgan fingerprint density at radius 3 is 2.56 bits per heavy atom. The Balaban J connectivity index is 1.14. The number of amides is 3. The summed E-state index contributed by atoms with van der Waals surface area (Å²) in [5.41, 5.74) is 1.14. The van der Waals surface area contributed by atoms with Gasteiger partial charge < -0.3 is 25.0 Å². The molecule has 0 bridgehead atoms. The molecule has 0 spiro atoms. The van der Waals surface area contributed by atoms with Crippen molar-refractivity contribution in [3.63, 3.8) is 0 Å². The summed E-state index contributed by atoms with van der Waals surface area (Å²) in [7, 11) is -2.72. The molecular weight excluding hydrogens is 707 g/mol. The van der Waals surface area contributed by atoms with Gasteiger partial charge in [-0.25, -0.2) is 18.1 Å². The predicted molar refractivity (Wildman–Crippen MR) is 205 cm³/mol. The number of allylic oxidation sites excluding steroid dienone is 1. The molecule has 54 heavy (non-hydrogen) atoms. The number of nitrogens with zero attached hydrogens (tertiary/aromatic N) is 2. The van der Waals surface area contributed by atoms with Gasteiger partial charge in [0, 0.05) is 48.9 Å². The number of para-hydroxylation sites is 1. The van der Waals surface area contributed by atoms with Crippen LogP contribution < -0.4 is 24.8 Å². The summed E-state index contributed by atoms with van der Waals surface area (Å²) >= 11 is 0. The van der Waals surface area contributed by atoms with Gasteiger partial charge in [0.2, 0.25) is 11.8 Å². The van der Waals surface area contributed by atoms with Crippen LogP contribution in [0.2, 0.25) is 0 Å². The van der Waals surface area contributed by atoms with E-state index in [1.807, 2.05) is 66.7 Å². The Bertz CT molecular complexity index is 2190. The van der Waals surface area contributed by atoms with Crippen LogP contribution in [0.5, 0.6) is 11.5 Å². The number of hydrogen-bond donors (Lipinski definition) is 3. The first kappa shape index (κ1) is 36.9. The highest BCUT2D eigenvalue weighted by Gasteiger charge is 2.61. The van der Waals surface area contributed by atoms with E-state index in [0.717, 1.165) is 43.1 Å². The summed E-state index contributed by atoms with van der Waals surface area (Å²) in [5.74, 6) is -0.937. The molecule has 12 nitrogen and oxygen atoms in total. The van der Waals surface area contributed by atoms with Crippen molar-refractivity contribution in [3.8, 4) is 22.8 Å². The van der Waals surface area contributed by atoms with Gasteiger partial charge in [-0.15, -0.1) is 0 Å². The van der Waals surface area contributed by atoms with Crippen LogP contribution in [-0.2, 0) is 24.4 Å². The van der Waals surface area contributed by atoms with E-state index in [0.29, 0.717) is 34.9 Å². The molecule has 3 N–H and O–H groups in total. The van der Waals surface area contributed by atoms with Crippen molar-refractivity contribution in [3.05, 3.63) is 91.0 Å². The van der Waals surface area contributed by atoms with Crippen molar-refractivity contribution in [1.29, 1.82) is 0 Å². The van der Waals surface area contributed by atoms with E-state index in [1.54, 1.807) is 25.3 Å². The fourth-order valence-corrected chi connectivity index (χ4v) is 8.66. The minimum atomic E-state index is -4.30. The highest BCUT2D eigenvalue weighted by molar-refractivity contribution is 7.90. The van der Waals surface area contributed by atoms with Crippen LogP contribution in [0, 0.1) is 5.92 Å². The maximum Gasteiger partial charge on any atom is 0.266 e. The SMILES string of the molecule is COc1ccc2c(O[C@@H]3C[C@@H](C(=O)N[C@]45C[C@H]4C=CCCCCCCNc4ccccc4S(=O)(=O)NC5=O)N(C(C)=O)C3)cc(-c3ccccc3)nc2c1. The Kier molecular flexibility index (Phi) is 10.6. The molecule has 1 saturated heterocycles. The molecule has 7 rings (SSSR count). The van der Waals surface area contributed by atoms with E-state index < -0.39 is 45.4 Å². The third-order valence-corrected chi connectivity index (χ3v) is 11.9. The van der Waals surface area contributed by atoms with Gasteiger partial charge in [0.25, 0.3) is 15.9 Å². The van der Waals surface area contributed by atoms with Gasteiger partial charge in [-0.2, -0.15) is 0 Å². The number of ether oxygens (including phenoxy) is 2. The van der Waals surface area contributed by atoms with Crippen molar-refractivity contribution in [2.75, 3.05) is 25.5 Å². The highest BCUT2D eigenvalue weighted by Crippen LogP contribution is 2.46. The second-order valence-corrected chi connectivity index (χ2v) is 15.8. The molecule has 1 aromatic heterocycles. The zero-order valence-corrected chi connectivity index (χ0v) is 31.2. The van der Waals surface area contributed by atoms with Gasteiger partial charge in [-0.1, -0.05) is 67.5 Å². The number of hydrogen-bond acceptors (Lipinski definition) is 9. The standard InChI is InChI=1S/C41H45N5O7S/c1-27(47)46-26-31(53-37-24-34(28-14-8-7-9-15-28)43-35-22-30(52-2)19-20-32(35)37)23-36(46)39(48)44-41-25-29(41)16-10-5-3-4-6-13-21-42-33-17-11-12-18-38(33)54(50,51)45-40(41)49/h7-12,14-20,22,24,29,31,36,42H,3-6,13,21,23,25-26H2,1-2H3,(H,44,48)(H,45,49)/t29-,31-,36+,41-/m1/s1. The van der Waals surface area contributed by atoms with E-state index in [9.17, 15) is 22.8 Å². The van der Waals surface area contributed by atoms with Crippen LogP contribution in [0.4, 0.5) is 5.69 Å². The molecule has 4 atom stereocenters. The minimum absolute atomic E-state index is 0.0456. The molecule has 13 heteroatoms. The predicted octanol–water partition coefficient (Wildman–Crippen LogP) is 5.59. The largest absolute Gasteiger partial charge is 0.497 e. The monoisotopic (exact) mass is 751 g/mol. The van der Waals surface area contributed by atoms with Gasteiger partial charge >= 0.3 is 0 Å². The Hall–Kier alpha value is -5.43. The van der Waals surface area contributed by atoms with Crippen molar-refractivity contribution in [2.24, 2.45) is 5.92 Å². The lowest BCUT2D eigenvalue weighted by Crippen LogP contribution is -2.56. The smallest absolute Gasteiger partial charge is 0.266 e. The fourth-order valence-electron chi connectivity index (χ4n) is 7.44. The summed E-state index contributed by atoms with van der Waals surface area (Å²) < 4.78 is 41.6. The number of methoxy groups -OCH3 is 1. The lowest BCUT2D eigenvalue weighted by Gasteiger charge is -2.25. The van der Waals surface area contributed by atoms with Crippen LogP contribution in [0.1, 0.15) is 51.9 Å².